The number of carbonyl (C=O) groups excluding carboxylic acids is 2. The third kappa shape index (κ3) is 8.34. The molecule has 0 aliphatic rings. The Balaban J connectivity index is 1.26. The summed E-state index contributed by atoms with van der Waals surface area (Å²) in [6.45, 7) is 1.39. The van der Waals surface area contributed by atoms with Gasteiger partial charge in [-0.1, -0.05) is 60.7 Å². The first-order valence-corrected chi connectivity index (χ1v) is 13.9. The summed E-state index contributed by atoms with van der Waals surface area (Å²) in [5.41, 5.74) is 3.15. The van der Waals surface area contributed by atoms with Gasteiger partial charge < -0.3 is 21.3 Å². The average molecular weight is 543 g/mol. The van der Waals surface area contributed by atoms with E-state index in [9.17, 15) is 18.0 Å². The number of sulfone groups is 1. The summed E-state index contributed by atoms with van der Waals surface area (Å²) in [6.07, 6.45) is 0. The number of nitrogens with one attached hydrogen (secondary N) is 4. The Bertz CT molecular complexity index is 1370. The van der Waals surface area contributed by atoms with Crippen molar-refractivity contribution in [1.29, 1.82) is 0 Å². The molecule has 4 aromatic carbocycles. The van der Waals surface area contributed by atoms with Gasteiger partial charge in [-0.2, -0.15) is 0 Å². The smallest absolute Gasteiger partial charge is 0.238 e. The highest BCUT2D eigenvalue weighted by atomic mass is 32.2. The highest BCUT2D eigenvalue weighted by Crippen LogP contribution is 2.23. The third-order valence-corrected chi connectivity index (χ3v) is 7.60. The van der Waals surface area contributed by atoms with Crippen LogP contribution in [0.15, 0.2) is 119 Å². The van der Waals surface area contributed by atoms with Crippen molar-refractivity contribution in [3.63, 3.8) is 0 Å². The summed E-state index contributed by atoms with van der Waals surface area (Å²) in [5, 5.41) is 11.7. The van der Waals surface area contributed by atoms with Crippen LogP contribution in [-0.2, 0) is 32.5 Å². The van der Waals surface area contributed by atoms with Gasteiger partial charge in [0, 0.05) is 24.5 Å². The number of benzene rings is 4. The molecule has 8 nitrogen and oxygen atoms in total. The van der Waals surface area contributed by atoms with Crippen LogP contribution < -0.4 is 21.3 Å². The maximum Gasteiger partial charge on any atom is 0.238 e. The zero-order chi connectivity index (χ0) is 27.5. The molecule has 0 spiro atoms. The van der Waals surface area contributed by atoms with Crippen LogP contribution in [0.1, 0.15) is 11.1 Å². The Morgan fingerprint density at radius 2 is 0.872 bits per heavy atom. The van der Waals surface area contributed by atoms with E-state index in [2.05, 4.69) is 21.3 Å². The summed E-state index contributed by atoms with van der Waals surface area (Å²) >= 11 is 0. The molecule has 200 valence electrons. The number of hydrogen-bond donors (Lipinski definition) is 4. The predicted molar refractivity (Wildman–Crippen MR) is 152 cm³/mol. The normalized spacial score (nSPS) is 11.1. The predicted octanol–water partition coefficient (Wildman–Crippen LogP) is 3.98. The van der Waals surface area contributed by atoms with Crippen molar-refractivity contribution < 1.29 is 18.0 Å². The van der Waals surface area contributed by atoms with Gasteiger partial charge in [0.2, 0.25) is 21.7 Å². The molecule has 0 aliphatic heterocycles. The van der Waals surface area contributed by atoms with E-state index in [1.165, 1.54) is 24.3 Å². The van der Waals surface area contributed by atoms with E-state index >= 15 is 0 Å². The van der Waals surface area contributed by atoms with E-state index < -0.39 is 9.84 Å². The van der Waals surface area contributed by atoms with E-state index in [0.717, 1.165) is 11.1 Å². The van der Waals surface area contributed by atoms with E-state index in [1.807, 2.05) is 60.7 Å². The molecule has 9 heteroatoms. The van der Waals surface area contributed by atoms with Crippen LogP contribution in [0.4, 0.5) is 11.4 Å². The van der Waals surface area contributed by atoms with Crippen molar-refractivity contribution in [2.45, 2.75) is 22.9 Å². The Labute approximate surface area is 228 Å². The molecule has 0 aliphatic carbocycles. The van der Waals surface area contributed by atoms with Crippen LogP contribution in [0.3, 0.4) is 0 Å². The molecule has 4 aromatic rings. The largest absolute Gasteiger partial charge is 0.325 e. The summed E-state index contributed by atoms with van der Waals surface area (Å²) < 4.78 is 26.1. The summed E-state index contributed by atoms with van der Waals surface area (Å²) in [4.78, 5) is 24.6. The molecule has 4 rings (SSSR count). The van der Waals surface area contributed by atoms with Gasteiger partial charge >= 0.3 is 0 Å². The molecule has 0 saturated heterocycles. The first kappa shape index (κ1) is 27.7. The molecular formula is C30H30N4O4S. The molecule has 0 fully saturated rings. The SMILES string of the molecule is O=C(CNCc1ccccc1)Nc1ccc(S(=O)(=O)c2ccc(NC(=O)CNCc3ccccc3)cc2)cc1. The van der Waals surface area contributed by atoms with Crippen LogP contribution in [0.2, 0.25) is 0 Å². The van der Waals surface area contributed by atoms with Gasteiger partial charge in [0.1, 0.15) is 0 Å². The van der Waals surface area contributed by atoms with Crippen molar-refractivity contribution >= 4 is 33.0 Å². The second kappa shape index (κ2) is 13.5. The van der Waals surface area contributed by atoms with Gasteiger partial charge in [0.05, 0.1) is 22.9 Å². The first-order chi connectivity index (χ1) is 18.9. The fourth-order valence-electron chi connectivity index (χ4n) is 3.81. The van der Waals surface area contributed by atoms with E-state index in [4.69, 9.17) is 0 Å². The number of anilines is 2. The Morgan fingerprint density at radius 1 is 0.513 bits per heavy atom. The highest BCUT2D eigenvalue weighted by Gasteiger charge is 2.18. The minimum atomic E-state index is -3.77. The van der Waals surface area contributed by atoms with Gasteiger partial charge in [-0.05, 0) is 59.7 Å². The summed E-state index contributed by atoms with van der Waals surface area (Å²) in [5.74, 6) is -0.455. The molecular weight excluding hydrogens is 512 g/mol. The fraction of sp³-hybridized carbons (Fsp3) is 0.133. The van der Waals surface area contributed by atoms with Crippen molar-refractivity contribution in [3.8, 4) is 0 Å². The molecule has 39 heavy (non-hydrogen) atoms. The van der Waals surface area contributed by atoms with E-state index in [-0.39, 0.29) is 34.7 Å². The van der Waals surface area contributed by atoms with E-state index in [1.54, 1.807) is 24.3 Å². The van der Waals surface area contributed by atoms with Crippen LogP contribution in [0.25, 0.3) is 0 Å². The lowest BCUT2D eigenvalue weighted by Gasteiger charge is -2.10. The minimum Gasteiger partial charge on any atom is -0.325 e. The standard InChI is InChI=1S/C30H30N4O4S/c35-29(21-31-19-23-7-3-1-4-8-23)33-25-11-15-27(16-12-25)39(37,38)28-17-13-26(14-18-28)34-30(36)22-32-20-24-9-5-2-6-10-24/h1-18,31-32H,19-22H2,(H,33,35)(H,34,36). The molecule has 0 saturated carbocycles. The van der Waals surface area contributed by atoms with Gasteiger partial charge in [-0.15, -0.1) is 0 Å². The minimum absolute atomic E-state index is 0.101. The topological polar surface area (TPSA) is 116 Å². The number of hydrogen-bond acceptors (Lipinski definition) is 6. The van der Waals surface area contributed by atoms with Crippen LogP contribution in [-0.4, -0.2) is 33.3 Å². The maximum atomic E-state index is 13.1. The lowest BCUT2D eigenvalue weighted by molar-refractivity contribution is -0.116. The lowest BCUT2D eigenvalue weighted by atomic mass is 10.2. The van der Waals surface area contributed by atoms with Gasteiger partial charge in [-0.25, -0.2) is 8.42 Å². The van der Waals surface area contributed by atoms with Crippen molar-refractivity contribution in [2.24, 2.45) is 0 Å². The Morgan fingerprint density at radius 3 is 1.23 bits per heavy atom. The summed E-state index contributed by atoms with van der Waals surface area (Å²) in [6, 6.07) is 31.5. The van der Waals surface area contributed by atoms with Crippen LogP contribution in [0.5, 0.6) is 0 Å². The van der Waals surface area contributed by atoms with Crippen molar-refractivity contribution in [2.75, 3.05) is 23.7 Å². The van der Waals surface area contributed by atoms with Crippen LogP contribution >= 0.6 is 0 Å². The van der Waals surface area contributed by atoms with Crippen molar-refractivity contribution in [3.05, 3.63) is 120 Å². The Kier molecular flexibility index (Phi) is 9.58. The molecule has 0 atom stereocenters. The van der Waals surface area contributed by atoms with Gasteiger partial charge in [0.25, 0.3) is 0 Å². The molecule has 0 aromatic heterocycles. The maximum absolute atomic E-state index is 13.1. The third-order valence-electron chi connectivity index (χ3n) is 5.81. The quantitative estimate of drug-likeness (QED) is 0.215. The lowest BCUT2D eigenvalue weighted by Crippen LogP contribution is -2.27. The molecule has 0 radical (unpaired) electrons. The fourth-order valence-corrected chi connectivity index (χ4v) is 5.07. The summed E-state index contributed by atoms with van der Waals surface area (Å²) in [7, 11) is -3.77. The zero-order valence-electron chi connectivity index (χ0n) is 21.3. The highest BCUT2D eigenvalue weighted by molar-refractivity contribution is 7.91. The average Bonchev–Trinajstić information content (AvgIpc) is 2.95. The monoisotopic (exact) mass is 542 g/mol. The first-order valence-electron chi connectivity index (χ1n) is 12.4. The Hall–Kier alpha value is -4.31. The second-order valence-corrected chi connectivity index (χ2v) is 10.8. The molecule has 2 amide bonds. The van der Waals surface area contributed by atoms with Gasteiger partial charge in [0.15, 0.2) is 0 Å². The molecule has 0 unspecified atom stereocenters. The molecule has 0 bridgehead atoms. The second-order valence-electron chi connectivity index (χ2n) is 8.83. The van der Waals surface area contributed by atoms with Crippen molar-refractivity contribution in [1.82, 2.24) is 10.6 Å². The van der Waals surface area contributed by atoms with E-state index in [0.29, 0.717) is 24.5 Å². The van der Waals surface area contributed by atoms with Crippen LogP contribution in [0, 0.1) is 0 Å². The van der Waals surface area contributed by atoms with Gasteiger partial charge in [-0.3, -0.25) is 9.59 Å². The number of amides is 2. The number of rotatable bonds is 12. The molecule has 4 N–H and O–H groups in total. The molecule has 0 heterocycles. The zero-order valence-corrected chi connectivity index (χ0v) is 22.1. The number of carbonyl (C=O) groups is 2.